The maximum absolute atomic E-state index is 13.3. The first-order valence-corrected chi connectivity index (χ1v) is 8.26. The van der Waals surface area contributed by atoms with Crippen molar-refractivity contribution in [3.8, 4) is 5.75 Å². The molecule has 138 valence electrons. The van der Waals surface area contributed by atoms with E-state index in [1.165, 1.54) is 36.4 Å². The fraction of sp³-hybridized carbons (Fsp3) is 0.125. The standard InChI is InChI=1S/C16H11Cl3F2N2O3/c17-12-4-2-1-3-11(12)13(24)23-15(25)22-9-5-7-10(8-6-9)26-16(20,21)14(18)19/h1-8,14H,(H2,22,23,24,25). The Hall–Kier alpha value is -2.09. The van der Waals surface area contributed by atoms with Crippen molar-refractivity contribution in [3.63, 3.8) is 0 Å². The summed E-state index contributed by atoms with van der Waals surface area (Å²) in [6, 6.07) is 10.3. The number of halogens is 5. The van der Waals surface area contributed by atoms with Crippen LogP contribution in [0, 0.1) is 0 Å². The Bertz CT molecular complexity index is 802. The molecule has 2 N–H and O–H groups in total. The molecular formula is C16H11Cl3F2N2O3. The van der Waals surface area contributed by atoms with Gasteiger partial charge < -0.3 is 10.1 Å². The molecule has 0 fully saturated rings. The summed E-state index contributed by atoms with van der Waals surface area (Å²) >= 11 is 16.1. The number of rotatable bonds is 5. The van der Waals surface area contributed by atoms with Crippen LogP contribution in [0.5, 0.6) is 5.75 Å². The van der Waals surface area contributed by atoms with Gasteiger partial charge >= 0.3 is 12.1 Å². The number of urea groups is 1. The second-order valence-electron chi connectivity index (χ2n) is 4.88. The first-order chi connectivity index (χ1) is 12.2. The number of carbonyl (C=O) groups excluding carboxylic acids is 2. The topological polar surface area (TPSA) is 67.4 Å². The van der Waals surface area contributed by atoms with E-state index in [4.69, 9.17) is 34.8 Å². The van der Waals surface area contributed by atoms with Crippen LogP contribution in [0.4, 0.5) is 19.3 Å². The summed E-state index contributed by atoms with van der Waals surface area (Å²) in [6.07, 6.45) is -3.77. The molecule has 0 aromatic heterocycles. The Morgan fingerprint density at radius 1 is 1.04 bits per heavy atom. The Morgan fingerprint density at radius 3 is 2.23 bits per heavy atom. The molecule has 3 amide bonds. The van der Waals surface area contributed by atoms with Crippen LogP contribution in [0.2, 0.25) is 5.02 Å². The van der Waals surface area contributed by atoms with Gasteiger partial charge in [-0.3, -0.25) is 10.1 Å². The number of alkyl halides is 4. The van der Waals surface area contributed by atoms with Gasteiger partial charge in [0.2, 0.25) is 4.84 Å². The molecule has 0 aliphatic carbocycles. The molecule has 0 heterocycles. The van der Waals surface area contributed by atoms with Gasteiger partial charge in [-0.1, -0.05) is 46.9 Å². The molecule has 0 atom stereocenters. The SMILES string of the molecule is O=C(NC(=O)c1ccccc1Cl)Nc1ccc(OC(F)(F)C(Cl)Cl)cc1. The minimum absolute atomic E-state index is 0.131. The molecule has 0 unspecified atom stereocenters. The summed E-state index contributed by atoms with van der Waals surface area (Å²) < 4.78 is 30.9. The summed E-state index contributed by atoms with van der Waals surface area (Å²) in [7, 11) is 0. The van der Waals surface area contributed by atoms with Crippen LogP contribution in [0.25, 0.3) is 0 Å². The fourth-order valence-corrected chi connectivity index (χ4v) is 2.10. The zero-order chi connectivity index (χ0) is 19.3. The van der Waals surface area contributed by atoms with Gasteiger partial charge in [-0.25, -0.2) is 4.79 Å². The molecule has 0 radical (unpaired) electrons. The van der Waals surface area contributed by atoms with Gasteiger partial charge in [0.1, 0.15) is 5.75 Å². The van der Waals surface area contributed by atoms with E-state index < -0.39 is 22.9 Å². The number of hydrogen-bond acceptors (Lipinski definition) is 3. The number of ether oxygens (including phenoxy) is 1. The number of carbonyl (C=O) groups is 2. The number of nitrogens with one attached hydrogen (secondary N) is 2. The summed E-state index contributed by atoms with van der Waals surface area (Å²) in [4.78, 5) is 21.8. The van der Waals surface area contributed by atoms with Crippen molar-refractivity contribution in [2.75, 3.05) is 5.32 Å². The van der Waals surface area contributed by atoms with Crippen LogP contribution in [0.15, 0.2) is 48.5 Å². The monoisotopic (exact) mass is 422 g/mol. The molecule has 10 heteroatoms. The first-order valence-electron chi connectivity index (χ1n) is 7.01. The highest BCUT2D eigenvalue weighted by molar-refractivity contribution is 6.44. The number of hydrogen-bond donors (Lipinski definition) is 2. The molecule has 2 rings (SSSR count). The van der Waals surface area contributed by atoms with Gasteiger partial charge in [-0.15, -0.1) is 0 Å². The minimum Gasteiger partial charge on any atom is -0.431 e. The van der Waals surface area contributed by atoms with Crippen molar-refractivity contribution in [1.82, 2.24) is 5.32 Å². The Morgan fingerprint density at radius 2 is 1.65 bits per heavy atom. The van der Waals surface area contributed by atoms with Crippen molar-refractivity contribution in [1.29, 1.82) is 0 Å². The lowest BCUT2D eigenvalue weighted by Crippen LogP contribution is -2.34. The van der Waals surface area contributed by atoms with Crippen molar-refractivity contribution in [2.24, 2.45) is 0 Å². The smallest absolute Gasteiger partial charge is 0.428 e. The second kappa shape index (κ2) is 8.53. The van der Waals surface area contributed by atoms with Crippen molar-refractivity contribution >= 4 is 52.4 Å². The summed E-state index contributed by atoms with van der Waals surface area (Å²) in [6.45, 7) is 0. The van der Waals surface area contributed by atoms with E-state index in [9.17, 15) is 18.4 Å². The summed E-state index contributed by atoms with van der Waals surface area (Å²) in [5.74, 6) is -0.901. The van der Waals surface area contributed by atoms with Crippen LogP contribution in [0.1, 0.15) is 10.4 Å². The molecule has 0 aliphatic rings. The normalized spacial score (nSPS) is 11.2. The molecule has 2 aromatic rings. The van der Waals surface area contributed by atoms with Gasteiger partial charge in [-0.2, -0.15) is 8.78 Å². The molecule has 0 aliphatic heterocycles. The average Bonchev–Trinajstić information content (AvgIpc) is 2.56. The third-order valence-electron chi connectivity index (χ3n) is 2.97. The average molecular weight is 424 g/mol. The predicted molar refractivity (Wildman–Crippen MR) is 95.4 cm³/mol. The zero-order valence-corrected chi connectivity index (χ0v) is 15.1. The molecule has 0 bridgehead atoms. The van der Waals surface area contributed by atoms with Crippen LogP contribution < -0.4 is 15.4 Å². The minimum atomic E-state index is -3.77. The predicted octanol–water partition coefficient (Wildman–Crippen LogP) is 5.08. The summed E-state index contributed by atoms with van der Waals surface area (Å²) in [5, 5.41) is 4.65. The molecule has 5 nitrogen and oxygen atoms in total. The maximum Gasteiger partial charge on any atom is 0.428 e. The second-order valence-corrected chi connectivity index (χ2v) is 6.38. The van der Waals surface area contributed by atoms with Crippen LogP contribution >= 0.6 is 34.8 Å². The maximum atomic E-state index is 13.3. The highest BCUT2D eigenvalue weighted by Crippen LogP contribution is 2.30. The first kappa shape index (κ1) is 20.2. The molecule has 0 spiro atoms. The van der Waals surface area contributed by atoms with Gasteiger partial charge in [-0.05, 0) is 36.4 Å². The lowest BCUT2D eigenvalue weighted by atomic mass is 10.2. The quantitative estimate of drug-likeness (QED) is 0.659. The Balaban J connectivity index is 1.95. The van der Waals surface area contributed by atoms with E-state index in [1.54, 1.807) is 12.1 Å². The third kappa shape index (κ3) is 5.45. The molecule has 26 heavy (non-hydrogen) atoms. The van der Waals surface area contributed by atoms with E-state index in [1.807, 2.05) is 0 Å². The van der Waals surface area contributed by atoms with Gasteiger partial charge in [0.15, 0.2) is 0 Å². The van der Waals surface area contributed by atoms with Crippen molar-refractivity contribution < 1.29 is 23.1 Å². The fourth-order valence-electron chi connectivity index (χ4n) is 1.79. The van der Waals surface area contributed by atoms with E-state index in [0.717, 1.165) is 0 Å². The number of anilines is 1. The van der Waals surface area contributed by atoms with E-state index >= 15 is 0 Å². The Kier molecular flexibility index (Phi) is 6.63. The van der Waals surface area contributed by atoms with E-state index in [2.05, 4.69) is 15.4 Å². The Labute approximate surface area is 162 Å². The zero-order valence-electron chi connectivity index (χ0n) is 12.8. The van der Waals surface area contributed by atoms with Gasteiger partial charge in [0, 0.05) is 5.69 Å². The highest BCUT2D eigenvalue weighted by Gasteiger charge is 2.40. The molecule has 0 saturated carbocycles. The molecule has 2 aromatic carbocycles. The summed E-state index contributed by atoms with van der Waals surface area (Å²) in [5.41, 5.74) is 0.366. The lowest BCUT2D eigenvalue weighted by Gasteiger charge is -2.18. The van der Waals surface area contributed by atoms with Crippen LogP contribution in [0.3, 0.4) is 0 Å². The van der Waals surface area contributed by atoms with Gasteiger partial charge in [0.25, 0.3) is 5.91 Å². The highest BCUT2D eigenvalue weighted by atomic mass is 35.5. The lowest BCUT2D eigenvalue weighted by molar-refractivity contribution is -0.163. The van der Waals surface area contributed by atoms with E-state index in [0.29, 0.717) is 0 Å². The number of imide groups is 1. The largest absolute Gasteiger partial charge is 0.431 e. The van der Waals surface area contributed by atoms with Gasteiger partial charge in [0.05, 0.1) is 10.6 Å². The number of amides is 3. The van der Waals surface area contributed by atoms with Crippen molar-refractivity contribution in [3.05, 3.63) is 59.1 Å². The van der Waals surface area contributed by atoms with Crippen LogP contribution in [-0.2, 0) is 0 Å². The van der Waals surface area contributed by atoms with Crippen molar-refractivity contribution in [2.45, 2.75) is 10.9 Å². The van der Waals surface area contributed by atoms with Crippen LogP contribution in [-0.4, -0.2) is 22.9 Å². The molecule has 0 saturated heterocycles. The molecular weight excluding hydrogens is 413 g/mol. The number of benzene rings is 2. The van der Waals surface area contributed by atoms with E-state index in [-0.39, 0.29) is 22.0 Å². The third-order valence-corrected chi connectivity index (χ3v) is 3.80.